The highest BCUT2D eigenvalue weighted by atomic mass is 19.1. The Labute approximate surface area is 228 Å². The highest BCUT2D eigenvalue weighted by Gasteiger charge is 2.28. The van der Waals surface area contributed by atoms with Gasteiger partial charge in [0.2, 0.25) is 0 Å². The molecule has 0 saturated carbocycles. The molecule has 2 aromatic heterocycles. The van der Waals surface area contributed by atoms with Crippen LogP contribution in [0.1, 0.15) is 57.9 Å². The number of nitrogens with two attached hydrogens (primary N) is 1. The van der Waals surface area contributed by atoms with Crippen molar-refractivity contribution < 1.29 is 23.7 Å². The number of rotatable bonds is 5. The average molecular weight is 547 g/mol. The molecule has 11 heteroatoms. The minimum atomic E-state index is -1.36. The van der Waals surface area contributed by atoms with E-state index in [1.807, 2.05) is 18.7 Å². The Morgan fingerprint density at radius 1 is 1.03 bits per heavy atom. The lowest BCUT2D eigenvalue weighted by molar-refractivity contribution is -0.0516. The number of hydrogen-bond acceptors (Lipinski definition) is 9. The molecule has 4 N–H and O–H groups in total. The van der Waals surface area contributed by atoms with Crippen molar-refractivity contribution in [2.45, 2.75) is 58.8 Å². The van der Waals surface area contributed by atoms with Crippen LogP contribution < -0.4 is 10.6 Å². The van der Waals surface area contributed by atoms with Gasteiger partial charge in [0.05, 0.1) is 23.0 Å². The fourth-order valence-electron chi connectivity index (χ4n) is 4.24. The highest BCUT2D eigenvalue weighted by molar-refractivity contribution is 5.79. The van der Waals surface area contributed by atoms with Gasteiger partial charge in [-0.25, -0.2) is 18.7 Å². The Balaban J connectivity index is 0.000000530. The summed E-state index contributed by atoms with van der Waals surface area (Å²) in [5, 5.41) is 20.4. The average Bonchev–Trinajstić information content (AvgIpc) is 3.51. The van der Waals surface area contributed by atoms with E-state index in [-0.39, 0.29) is 5.82 Å². The third-order valence-corrected chi connectivity index (χ3v) is 6.44. The van der Waals surface area contributed by atoms with Crippen molar-refractivity contribution in [3.05, 3.63) is 53.4 Å². The van der Waals surface area contributed by atoms with Crippen molar-refractivity contribution in [2.24, 2.45) is 0 Å². The molecule has 0 bridgehead atoms. The third-order valence-electron chi connectivity index (χ3n) is 6.44. The fraction of sp³-hybridized carbons (Fsp3) is 0.536. The Morgan fingerprint density at radius 2 is 1.69 bits per heavy atom. The molecule has 5 rings (SSSR count). The molecular formula is C28H40F2N6O3. The number of aliphatic hydroxyl groups is 2. The van der Waals surface area contributed by atoms with Gasteiger partial charge in [-0.05, 0) is 38.8 Å². The summed E-state index contributed by atoms with van der Waals surface area (Å²) in [6.07, 6.45) is 2.85. The second-order valence-corrected chi connectivity index (χ2v) is 9.90. The lowest BCUT2D eigenvalue weighted by atomic mass is 9.98. The highest BCUT2D eigenvalue weighted by Crippen LogP contribution is 2.28. The van der Waals surface area contributed by atoms with Gasteiger partial charge in [0.25, 0.3) is 0 Å². The molecule has 4 heterocycles. The number of pyridine rings is 1. The van der Waals surface area contributed by atoms with E-state index in [0.717, 1.165) is 19.3 Å². The van der Waals surface area contributed by atoms with Crippen molar-refractivity contribution in [1.82, 2.24) is 19.9 Å². The zero-order chi connectivity index (χ0) is 28.6. The van der Waals surface area contributed by atoms with E-state index < -0.39 is 23.3 Å². The molecule has 9 nitrogen and oxygen atoms in total. The number of fused-ring (bicyclic) bond motifs is 1. The van der Waals surface area contributed by atoms with Crippen LogP contribution in [0.15, 0.2) is 30.5 Å². The van der Waals surface area contributed by atoms with E-state index in [1.165, 1.54) is 45.0 Å². The smallest absolute Gasteiger partial charge is 0.172 e. The van der Waals surface area contributed by atoms with E-state index in [1.54, 1.807) is 6.07 Å². The van der Waals surface area contributed by atoms with Crippen molar-refractivity contribution in [3.8, 4) is 0 Å². The van der Waals surface area contributed by atoms with Gasteiger partial charge in [-0.2, -0.15) is 0 Å². The van der Waals surface area contributed by atoms with Gasteiger partial charge >= 0.3 is 0 Å². The fourth-order valence-corrected chi connectivity index (χ4v) is 4.24. The second kappa shape index (κ2) is 13.9. The zero-order valence-corrected chi connectivity index (χ0v) is 23.2. The van der Waals surface area contributed by atoms with Gasteiger partial charge in [-0.1, -0.05) is 19.9 Å². The van der Waals surface area contributed by atoms with E-state index in [0.29, 0.717) is 60.8 Å². The van der Waals surface area contributed by atoms with Crippen molar-refractivity contribution in [3.63, 3.8) is 0 Å². The quantitative estimate of drug-likeness (QED) is 0.438. The van der Waals surface area contributed by atoms with Gasteiger partial charge in [0, 0.05) is 57.6 Å². The number of nitrogen functional groups attached to an aromatic ring is 1. The molecule has 1 aromatic carbocycles. The molecule has 0 amide bonds. The monoisotopic (exact) mass is 546 g/mol. The molecule has 2 fully saturated rings. The molecule has 2 saturated heterocycles. The summed E-state index contributed by atoms with van der Waals surface area (Å²) in [7, 11) is 0. The number of aromatic nitrogens is 3. The number of piperazine rings is 1. The molecule has 1 atom stereocenters. The van der Waals surface area contributed by atoms with Gasteiger partial charge in [0.15, 0.2) is 11.6 Å². The van der Waals surface area contributed by atoms with Crippen LogP contribution in [0.2, 0.25) is 0 Å². The number of nitrogens with zero attached hydrogens (tertiary/aromatic N) is 5. The van der Waals surface area contributed by atoms with Crippen LogP contribution in [0, 0.1) is 11.6 Å². The Morgan fingerprint density at radius 3 is 2.26 bits per heavy atom. The predicted molar refractivity (Wildman–Crippen MR) is 148 cm³/mol. The molecule has 0 radical (unpaired) electrons. The number of hydrogen-bond donors (Lipinski definition) is 3. The SMILES string of the molecule is C1CCOC1.CC.CC(C)(O)C(O)c1cc2nc(N3CCN(Cc4ccc(F)cc4F)CC3)c(N)nc2cn1. The Bertz CT molecular complexity index is 1200. The summed E-state index contributed by atoms with van der Waals surface area (Å²) in [5.74, 6) is -0.335. The summed E-state index contributed by atoms with van der Waals surface area (Å²) >= 11 is 0. The first-order valence-corrected chi connectivity index (χ1v) is 13.4. The van der Waals surface area contributed by atoms with Crippen LogP contribution in [0.4, 0.5) is 20.4 Å². The summed E-state index contributed by atoms with van der Waals surface area (Å²) in [6, 6.07) is 5.23. The molecular weight excluding hydrogens is 506 g/mol. The molecule has 2 aliphatic heterocycles. The maximum absolute atomic E-state index is 14.0. The molecule has 39 heavy (non-hydrogen) atoms. The van der Waals surface area contributed by atoms with Crippen LogP contribution in [0.3, 0.4) is 0 Å². The van der Waals surface area contributed by atoms with Crippen molar-refractivity contribution >= 4 is 22.7 Å². The van der Waals surface area contributed by atoms with Crippen LogP contribution >= 0.6 is 0 Å². The van der Waals surface area contributed by atoms with Gasteiger partial charge in [-0.3, -0.25) is 9.88 Å². The van der Waals surface area contributed by atoms with Crippen molar-refractivity contribution in [1.29, 1.82) is 0 Å². The minimum absolute atomic E-state index is 0.271. The Kier molecular flexibility index (Phi) is 10.9. The van der Waals surface area contributed by atoms with E-state index in [4.69, 9.17) is 10.5 Å². The van der Waals surface area contributed by atoms with Crippen LogP contribution in [0.25, 0.3) is 11.0 Å². The lowest BCUT2D eigenvalue weighted by Gasteiger charge is -2.35. The molecule has 1 unspecified atom stereocenters. The van der Waals surface area contributed by atoms with Crippen LogP contribution in [-0.4, -0.2) is 75.1 Å². The normalized spacial score (nSPS) is 16.8. The van der Waals surface area contributed by atoms with Crippen molar-refractivity contribution in [2.75, 3.05) is 50.0 Å². The third kappa shape index (κ3) is 8.25. The first-order valence-electron chi connectivity index (χ1n) is 13.4. The van der Waals surface area contributed by atoms with Gasteiger partial charge < -0.3 is 25.6 Å². The summed E-state index contributed by atoms with van der Waals surface area (Å²) in [6.45, 7) is 11.9. The largest absolute Gasteiger partial charge is 0.387 e. The first kappa shape index (κ1) is 30.6. The second-order valence-electron chi connectivity index (χ2n) is 9.90. The Hall–Kier alpha value is -2.99. The first-order chi connectivity index (χ1) is 18.6. The predicted octanol–water partition coefficient (Wildman–Crippen LogP) is 3.83. The number of halogens is 2. The molecule has 0 aliphatic carbocycles. The molecule has 2 aliphatic rings. The summed E-state index contributed by atoms with van der Waals surface area (Å²) in [5.41, 5.74) is 6.54. The maximum atomic E-state index is 14.0. The lowest BCUT2D eigenvalue weighted by Crippen LogP contribution is -2.46. The van der Waals surface area contributed by atoms with Gasteiger partial charge in [-0.15, -0.1) is 0 Å². The van der Waals surface area contributed by atoms with Gasteiger partial charge in [0.1, 0.15) is 23.3 Å². The van der Waals surface area contributed by atoms with E-state index in [9.17, 15) is 19.0 Å². The number of benzene rings is 1. The zero-order valence-electron chi connectivity index (χ0n) is 23.2. The standard InChI is InChI=1S/C22H26F2N6O2.C4H8O.C2H6/c1-22(2,32)19(31)17-10-16-18(11-26-17)27-20(25)21(28-16)30-7-5-29(6-8-30)12-13-3-4-14(23)9-15(13)24;1-2-4-5-3-1;1-2/h3-4,9-11,19,31-32H,5-8,12H2,1-2H3,(H2,25,27);1-4H2;1-2H3. The summed E-state index contributed by atoms with van der Waals surface area (Å²) < 4.78 is 32.0. The maximum Gasteiger partial charge on any atom is 0.172 e. The number of ether oxygens (including phenoxy) is 1. The van der Waals surface area contributed by atoms with Crippen LogP contribution in [0.5, 0.6) is 0 Å². The molecule has 214 valence electrons. The topological polar surface area (TPSA) is 121 Å². The molecule has 3 aromatic rings. The minimum Gasteiger partial charge on any atom is -0.387 e. The number of anilines is 2. The van der Waals surface area contributed by atoms with E-state index in [2.05, 4.69) is 19.9 Å². The number of aliphatic hydroxyl groups excluding tert-OH is 1. The molecule has 0 spiro atoms. The van der Waals surface area contributed by atoms with E-state index >= 15 is 0 Å². The van der Waals surface area contributed by atoms with Crippen LogP contribution in [-0.2, 0) is 11.3 Å². The summed E-state index contributed by atoms with van der Waals surface area (Å²) in [4.78, 5) is 17.3.